The summed E-state index contributed by atoms with van der Waals surface area (Å²) < 4.78 is 58.2. The summed E-state index contributed by atoms with van der Waals surface area (Å²) in [6.07, 6.45) is -1.31. The normalized spacial score (nSPS) is 20.0. The molecule has 1 aromatic carbocycles. The van der Waals surface area contributed by atoms with Crippen molar-refractivity contribution in [1.29, 1.82) is 0 Å². The highest BCUT2D eigenvalue weighted by Gasteiger charge is 2.43. The van der Waals surface area contributed by atoms with E-state index in [1.807, 2.05) is 0 Å². The molecular formula is C19H17F4N5O2. The van der Waals surface area contributed by atoms with Crippen LogP contribution < -0.4 is 5.32 Å². The van der Waals surface area contributed by atoms with E-state index in [0.717, 1.165) is 16.8 Å². The number of urea groups is 1. The van der Waals surface area contributed by atoms with E-state index in [2.05, 4.69) is 15.3 Å². The number of benzene rings is 1. The highest BCUT2D eigenvalue weighted by Crippen LogP contribution is 2.40. The van der Waals surface area contributed by atoms with E-state index in [1.165, 1.54) is 4.90 Å². The predicted octanol–water partition coefficient (Wildman–Crippen LogP) is 3.55. The van der Waals surface area contributed by atoms with Crippen LogP contribution in [0.4, 0.5) is 33.7 Å². The second-order valence-electron chi connectivity index (χ2n) is 7.32. The van der Waals surface area contributed by atoms with Gasteiger partial charge in [0.2, 0.25) is 0 Å². The lowest BCUT2D eigenvalue weighted by Gasteiger charge is -2.28. The lowest BCUT2D eigenvalue weighted by atomic mass is 10.00. The number of halogens is 4. The Morgan fingerprint density at radius 1 is 1.37 bits per heavy atom. The molecule has 2 N–H and O–H groups in total. The van der Waals surface area contributed by atoms with Gasteiger partial charge in [-0.1, -0.05) is 0 Å². The molecule has 0 saturated heterocycles. The van der Waals surface area contributed by atoms with Crippen LogP contribution in [0.5, 0.6) is 0 Å². The van der Waals surface area contributed by atoms with Crippen molar-refractivity contribution >= 4 is 17.4 Å². The van der Waals surface area contributed by atoms with Gasteiger partial charge in [-0.25, -0.2) is 18.4 Å². The zero-order valence-corrected chi connectivity index (χ0v) is 15.6. The summed E-state index contributed by atoms with van der Waals surface area (Å²) in [5.74, 6) is -5.45. The third-order valence-corrected chi connectivity index (χ3v) is 5.33. The number of aliphatic hydroxyl groups is 1. The number of carbonyl (C=O) groups is 1. The molecule has 2 amide bonds. The summed E-state index contributed by atoms with van der Waals surface area (Å²) in [4.78, 5) is 16.6. The molecule has 1 aromatic heterocycles. The van der Waals surface area contributed by atoms with Crippen LogP contribution in [0.25, 0.3) is 4.85 Å². The molecule has 2 aliphatic heterocycles. The molecule has 7 nitrogen and oxygen atoms in total. The van der Waals surface area contributed by atoms with Crippen LogP contribution in [0.2, 0.25) is 0 Å². The van der Waals surface area contributed by atoms with Crippen molar-refractivity contribution in [3.8, 4) is 0 Å². The Morgan fingerprint density at radius 2 is 2.13 bits per heavy atom. The lowest BCUT2D eigenvalue weighted by Crippen LogP contribution is -2.39. The minimum atomic E-state index is -3.20. The van der Waals surface area contributed by atoms with Crippen LogP contribution in [-0.2, 0) is 25.4 Å². The van der Waals surface area contributed by atoms with Crippen molar-refractivity contribution in [1.82, 2.24) is 14.7 Å². The van der Waals surface area contributed by atoms with E-state index in [1.54, 1.807) is 0 Å². The zero-order valence-electron chi connectivity index (χ0n) is 15.6. The monoisotopic (exact) mass is 423 g/mol. The standard InChI is InChI=1S/C19H17F4N5O2/c1-24-16-12(20)2-3-14(15(16)21)25-18(30)27-7-5-13-11(9-27)17-19(22,23)6-4-10(29)8-28(17)26-13/h2-3,10,29H,4-9H2,(H,25,30)/t10-/m1/s1. The van der Waals surface area contributed by atoms with Crippen molar-refractivity contribution in [2.45, 2.75) is 44.4 Å². The van der Waals surface area contributed by atoms with Gasteiger partial charge in [0.15, 0.2) is 5.82 Å². The van der Waals surface area contributed by atoms with Crippen LogP contribution >= 0.6 is 0 Å². The fourth-order valence-electron chi connectivity index (χ4n) is 3.83. The molecule has 1 atom stereocenters. The summed E-state index contributed by atoms with van der Waals surface area (Å²) in [6.45, 7) is 6.78. The first kappa shape index (κ1) is 20.2. The highest BCUT2D eigenvalue weighted by molar-refractivity contribution is 5.90. The number of hydrogen-bond donors (Lipinski definition) is 2. The van der Waals surface area contributed by atoms with Crippen molar-refractivity contribution in [3.05, 3.63) is 52.1 Å². The Morgan fingerprint density at radius 3 is 2.87 bits per heavy atom. The molecule has 30 heavy (non-hydrogen) atoms. The number of aliphatic hydroxyl groups excluding tert-OH is 1. The largest absolute Gasteiger partial charge is 0.391 e. The van der Waals surface area contributed by atoms with Gasteiger partial charge in [-0.05, 0) is 18.6 Å². The van der Waals surface area contributed by atoms with Gasteiger partial charge in [-0.2, -0.15) is 13.9 Å². The fourth-order valence-corrected chi connectivity index (χ4v) is 3.83. The molecule has 2 aliphatic rings. The average molecular weight is 423 g/mol. The topological polar surface area (TPSA) is 74.8 Å². The number of fused-ring (bicyclic) bond motifs is 3. The van der Waals surface area contributed by atoms with Gasteiger partial charge >= 0.3 is 6.03 Å². The third kappa shape index (κ3) is 3.37. The smallest absolute Gasteiger partial charge is 0.322 e. The molecule has 0 bridgehead atoms. The molecule has 158 valence electrons. The van der Waals surface area contributed by atoms with E-state index in [-0.39, 0.29) is 49.4 Å². The molecule has 0 unspecified atom stereocenters. The second kappa shape index (κ2) is 7.28. The molecule has 4 rings (SSSR count). The van der Waals surface area contributed by atoms with E-state index in [0.29, 0.717) is 5.69 Å². The molecule has 0 spiro atoms. The zero-order chi connectivity index (χ0) is 21.6. The number of amides is 2. The van der Waals surface area contributed by atoms with Gasteiger partial charge in [0, 0.05) is 24.9 Å². The number of nitrogens with one attached hydrogen (secondary N) is 1. The fraction of sp³-hybridized carbons (Fsp3) is 0.421. The number of hydrogen-bond acceptors (Lipinski definition) is 3. The molecule has 0 saturated carbocycles. The Kier molecular flexibility index (Phi) is 4.89. The molecule has 11 heteroatoms. The summed E-state index contributed by atoms with van der Waals surface area (Å²) >= 11 is 0. The van der Waals surface area contributed by atoms with E-state index in [9.17, 15) is 27.5 Å². The van der Waals surface area contributed by atoms with Gasteiger partial charge in [0.25, 0.3) is 11.6 Å². The molecular weight excluding hydrogens is 406 g/mol. The Hall–Kier alpha value is -3.13. The predicted molar refractivity (Wildman–Crippen MR) is 97.1 cm³/mol. The summed E-state index contributed by atoms with van der Waals surface area (Å²) in [5, 5.41) is 16.3. The molecule has 0 aliphatic carbocycles. The first-order valence-corrected chi connectivity index (χ1v) is 9.27. The number of rotatable bonds is 1. The summed E-state index contributed by atoms with van der Waals surface area (Å²) in [7, 11) is 0. The van der Waals surface area contributed by atoms with Crippen molar-refractivity contribution < 1.29 is 27.5 Å². The molecule has 0 fully saturated rings. The average Bonchev–Trinajstić information content (AvgIpc) is 3.01. The maximum absolute atomic E-state index is 14.7. The number of carbonyl (C=O) groups excluding carboxylic acids is 1. The van der Waals surface area contributed by atoms with Crippen LogP contribution in [0, 0.1) is 18.2 Å². The Balaban J connectivity index is 1.60. The first-order chi connectivity index (χ1) is 14.2. The SMILES string of the molecule is [C-]#[N+]c1c(F)ccc(NC(=O)N2CCc3nn4c(c3C2)C(F)(F)CC[C@@H](O)C4)c1F. The second-order valence-corrected chi connectivity index (χ2v) is 7.32. The quantitative estimate of drug-likeness (QED) is 0.544. The van der Waals surface area contributed by atoms with Gasteiger partial charge in [-0.15, -0.1) is 0 Å². The number of anilines is 1. The number of nitrogens with zero attached hydrogens (tertiary/aromatic N) is 4. The van der Waals surface area contributed by atoms with E-state index in [4.69, 9.17) is 6.57 Å². The van der Waals surface area contributed by atoms with Crippen LogP contribution in [0.15, 0.2) is 12.1 Å². The molecule has 0 radical (unpaired) electrons. The summed E-state index contributed by atoms with van der Waals surface area (Å²) in [6, 6.07) is 1.09. The number of aromatic nitrogens is 2. The Bertz CT molecular complexity index is 1060. The third-order valence-electron chi connectivity index (χ3n) is 5.33. The Labute approximate surface area is 168 Å². The maximum Gasteiger partial charge on any atom is 0.322 e. The number of alkyl halides is 2. The van der Waals surface area contributed by atoms with Gasteiger partial charge in [-0.3, -0.25) is 4.68 Å². The highest BCUT2D eigenvalue weighted by atomic mass is 19.3. The molecule has 2 aromatic rings. The maximum atomic E-state index is 14.7. The van der Waals surface area contributed by atoms with E-state index < -0.39 is 41.8 Å². The van der Waals surface area contributed by atoms with Crippen molar-refractivity contribution in [2.24, 2.45) is 0 Å². The van der Waals surface area contributed by atoms with Gasteiger partial charge in [0.1, 0.15) is 11.5 Å². The van der Waals surface area contributed by atoms with Crippen LogP contribution in [-0.4, -0.2) is 38.5 Å². The van der Waals surface area contributed by atoms with E-state index >= 15 is 0 Å². The van der Waals surface area contributed by atoms with Crippen LogP contribution in [0.3, 0.4) is 0 Å². The lowest BCUT2D eigenvalue weighted by molar-refractivity contribution is -0.0248. The van der Waals surface area contributed by atoms with Gasteiger partial charge < -0.3 is 15.3 Å². The van der Waals surface area contributed by atoms with Gasteiger partial charge in [0.05, 0.1) is 37.1 Å². The van der Waals surface area contributed by atoms with Crippen molar-refractivity contribution in [3.63, 3.8) is 0 Å². The minimum absolute atomic E-state index is 0.0513. The van der Waals surface area contributed by atoms with Crippen LogP contribution in [0.1, 0.15) is 29.8 Å². The first-order valence-electron chi connectivity index (χ1n) is 9.27. The van der Waals surface area contributed by atoms with Crippen molar-refractivity contribution in [2.75, 3.05) is 11.9 Å². The summed E-state index contributed by atoms with van der Waals surface area (Å²) in [5.41, 5.74) is -0.868. The minimum Gasteiger partial charge on any atom is -0.391 e. The molecule has 3 heterocycles.